The SMILES string of the molecule is C=CC(=O)OCC(=O)[C@@H]1CC[C@H]2[C@@H]3CCC4=CC(=O)CC[C@]4(C)[C@H]3CC[C@]12C. The third-order valence-electron chi connectivity index (χ3n) is 8.87. The van der Waals surface area contributed by atoms with E-state index in [1.165, 1.54) is 5.57 Å². The van der Waals surface area contributed by atoms with E-state index in [2.05, 4.69) is 20.4 Å². The van der Waals surface area contributed by atoms with Crippen molar-refractivity contribution in [1.82, 2.24) is 0 Å². The first-order valence-electron chi connectivity index (χ1n) is 10.9. The van der Waals surface area contributed by atoms with E-state index in [9.17, 15) is 14.4 Å². The van der Waals surface area contributed by atoms with Gasteiger partial charge in [-0.3, -0.25) is 9.59 Å². The maximum absolute atomic E-state index is 12.9. The summed E-state index contributed by atoms with van der Waals surface area (Å²) in [6, 6.07) is 0. The minimum absolute atomic E-state index is 0.00579. The third-order valence-corrected chi connectivity index (χ3v) is 8.87. The molecule has 4 nitrogen and oxygen atoms in total. The molecule has 0 N–H and O–H groups in total. The number of hydrogen-bond acceptors (Lipinski definition) is 4. The van der Waals surface area contributed by atoms with Crippen LogP contribution in [0.3, 0.4) is 0 Å². The number of Topliss-reactive ketones (excluding diaryl/α,β-unsaturated/α-hetero) is 1. The van der Waals surface area contributed by atoms with Crippen molar-refractivity contribution in [3.8, 4) is 0 Å². The molecule has 0 spiro atoms. The lowest BCUT2D eigenvalue weighted by Crippen LogP contribution is -2.51. The molecule has 0 bridgehead atoms. The normalized spacial score (nSPS) is 41.9. The van der Waals surface area contributed by atoms with Gasteiger partial charge in [0.15, 0.2) is 18.2 Å². The number of carbonyl (C=O) groups is 3. The molecule has 4 aliphatic carbocycles. The van der Waals surface area contributed by atoms with Crippen LogP contribution in [0.2, 0.25) is 0 Å². The van der Waals surface area contributed by atoms with Crippen molar-refractivity contribution in [3.05, 3.63) is 24.3 Å². The summed E-state index contributed by atoms with van der Waals surface area (Å²) in [5.74, 6) is 1.67. The van der Waals surface area contributed by atoms with Crippen LogP contribution in [0.25, 0.3) is 0 Å². The molecule has 28 heavy (non-hydrogen) atoms. The third kappa shape index (κ3) is 2.91. The number of carbonyl (C=O) groups excluding carboxylic acids is 3. The van der Waals surface area contributed by atoms with Gasteiger partial charge in [0.2, 0.25) is 0 Å². The lowest BCUT2D eigenvalue weighted by atomic mass is 9.46. The zero-order chi connectivity index (χ0) is 20.1. The summed E-state index contributed by atoms with van der Waals surface area (Å²) in [5, 5.41) is 0. The van der Waals surface area contributed by atoms with Crippen LogP contribution < -0.4 is 0 Å². The molecule has 0 heterocycles. The summed E-state index contributed by atoms with van der Waals surface area (Å²) in [4.78, 5) is 36.2. The van der Waals surface area contributed by atoms with Gasteiger partial charge in [0.1, 0.15) is 0 Å². The highest BCUT2D eigenvalue weighted by atomic mass is 16.5. The van der Waals surface area contributed by atoms with Gasteiger partial charge in [-0.05, 0) is 79.6 Å². The fourth-order valence-electron chi connectivity index (χ4n) is 7.39. The van der Waals surface area contributed by atoms with Crippen molar-refractivity contribution in [2.75, 3.05) is 6.61 Å². The summed E-state index contributed by atoms with van der Waals surface area (Å²) in [5.41, 5.74) is 1.57. The number of hydrogen-bond donors (Lipinski definition) is 0. The highest BCUT2D eigenvalue weighted by Gasteiger charge is 2.60. The van der Waals surface area contributed by atoms with E-state index in [0.717, 1.165) is 51.0 Å². The van der Waals surface area contributed by atoms with Gasteiger partial charge in [-0.1, -0.05) is 26.0 Å². The van der Waals surface area contributed by atoms with Crippen molar-refractivity contribution < 1.29 is 19.1 Å². The molecule has 4 rings (SSSR count). The Hall–Kier alpha value is -1.71. The van der Waals surface area contributed by atoms with Crippen molar-refractivity contribution >= 4 is 17.5 Å². The second-order valence-corrected chi connectivity index (χ2v) is 9.92. The number of esters is 1. The van der Waals surface area contributed by atoms with Crippen LogP contribution >= 0.6 is 0 Å². The Morgan fingerprint density at radius 1 is 1.14 bits per heavy atom. The first kappa shape index (κ1) is 19.6. The Labute approximate surface area is 167 Å². The maximum atomic E-state index is 12.9. The van der Waals surface area contributed by atoms with Crippen LogP contribution in [-0.2, 0) is 19.1 Å². The lowest BCUT2D eigenvalue weighted by Gasteiger charge is -2.58. The van der Waals surface area contributed by atoms with Gasteiger partial charge >= 0.3 is 5.97 Å². The average molecular weight is 385 g/mol. The molecule has 152 valence electrons. The smallest absolute Gasteiger partial charge is 0.330 e. The fourth-order valence-corrected chi connectivity index (χ4v) is 7.39. The second-order valence-electron chi connectivity index (χ2n) is 9.92. The van der Waals surface area contributed by atoms with E-state index >= 15 is 0 Å². The molecule has 0 saturated heterocycles. The molecule has 0 aromatic rings. The zero-order valence-corrected chi connectivity index (χ0v) is 17.2. The number of rotatable bonds is 4. The molecular weight excluding hydrogens is 352 g/mol. The fraction of sp³-hybridized carbons (Fsp3) is 0.708. The standard InChI is InChI=1S/C24H32O4/c1-4-22(27)28-14-21(26)20-8-7-18-17-6-5-15-13-16(25)9-11-23(15,2)19(17)10-12-24(18,20)3/h4,13,17-20H,1,5-12,14H2,2-3H3/t17-,18-,19-,20-,23-,24-/m0/s1. The highest BCUT2D eigenvalue weighted by Crippen LogP contribution is 2.66. The van der Waals surface area contributed by atoms with Crippen LogP contribution in [0.5, 0.6) is 0 Å². The van der Waals surface area contributed by atoms with Gasteiger partial charge in [0.05, 0.1) is 0 Å². The topological polar surface area (TPSA) is 60.4 Å². The molecule has 6 atom stereocenters. The summed E-state index contributed by atoms with van der Waals surface area (Å²) >= 11 is 0. The summed E-state index contributed by atoms with van der Waals surface area (Å²) < 4.78 is 5.05. The monoisotopic (exact) mass is 384 g/mol. The molecule has 4 heteroatoms. The van der Waals surface area contributed by atoms with Crippen molar-refractivity contribution in [1.29, 1.82) is 0 Å². The van der Waals surface area contributed by atoms with Gasteiger partial charge in [-0.25, -0.2) is 4.79 Å². The van der Waals surface area contributed by atoms with Crippen LogP contribution in [-0.4, -0.2) is 24.1 Å². The predicted octanol–water partition coefficient (Wildman–Crippen LogP) is 4.43. The molecule has 4 aliphatic rings. The van der Waals surface area contributed by atoms with Gasteiger partial charge < -0.3 is 4.74 Å². The van der Waals surface area contributed by atoms with Gasteiger partial charge in [-0.15, -0.1) is 0 Å². The zero-order valence-electron chi connectivity index (χ0n) is 17.2. The second kappa shape index (κ2) is 6.96. The Balaban J connectivity index is 1.53. The molecule has 0 radical (unpaired) electrons. The Morgan fingerprint density at radius 3 is 2.68 bits per heavy atom. The molecule has 0 aromatic heterocycles. The first-order chi connectivity index (χ1) is 13.3. The van der Waals surface area contributed by atoms with Crippen LogP contribution in [0.1, 0.15) is 65.2 Å². The summed E-state index contributed by atoms with van der Waals surface area (Å²) in [6.07, 6.45) is 11.1. The number of ether oxygens (including phenoxy) is 1. The molecule has 0 amide bonds. The quantitative estimate of drug-likeness (QED) is 0.531. The van der Waals surface area contributed by atoms with Crippen molar-refractivity contribution in [3.63, 3.8) is 0 Å². The number of fused-ring (bicyclic) bond motifs is 5. The van der Waals surface area contributed by atoms with Crippen molar-refractivity contribution in [2.24, 2.45) is 34.5 Å². The van der Waals surface area contributed by atoms with Gasteiger partial charge in [-0.2, -0.15) is 0 Å². The molecule has 0 aromatic carbocycles. The predicted molar refractivity (Wildman–Crippen MR) is 106 cm³/mol. The molecule has 3 fully saturated rings. The molecule has 0 unspecified atom stereocenters. The maximum Gasteiger partial charge on any atom is 0.330 e. The van der Waals surface area contributed by atoms with Crippen molar-refractivity contribution in [2.45, 2.75) is 65.2 Å². The largest absolute Gasteiger partial charge is 0.455 e. The van der Waals surface area contributed by atoms with E-state index < -0.39 is 5.97 Å². The number of ketones is 2. The Bertz CT molecular complexity index is 750. The van der Waals surface area contributed by atoms with E-state index in [-0.39, 0.29) is 29.1 Å². The minimum atomic E-state index is -0.525. The van der Waals surface area contributed by atoms with Crippen LogP contribution in [0, 0.1) is 34.5 Å². The summed E-state index contributed by atoms with van der Waals surface area (Å²) in [7, 11) is 0. The number of allylic oxidation sites excluding steroid dienone is 1. The van der Waals surface area contributed by atoms with E-state index in [0.29, 0.717) is 30.0 Å². The van der Waals surface area contributed by atoms with E-state index in [1.807, 2.05) is 6.08 Å². The van der Waals surface area contributed by atoms with Gasteiger partial charge in [0, 0.05) is 18.4 Å². The van der Waals surface area contributed by atoms with Crippen LogP contribution in [0.15, 0.2) is 24.3 Å². The molecule has 3 saturated carbocycles. The van der Waals surface area contributed by atoms with E-state index in [4.69, 9.17) is 4.74 Å². The van der Waals surface area contributed by atoms with Gasteiger partial charge in [0.25, 0.3) is 0 Å². The summed E-state index contributed by atoms with van der Waals surface area (Å²) in [6.45, 7) is 7.96. The molecular formula is C24H32O4. The minimum Gasteiger partial charge on any atom is -0.455 e. The first-order valence-corrected chi connectivity index (χ1v) is 10.9. The Kier molecular flexibility index (Phi) is 4.87. The highest BCUT2D eigenvalue weighted by molar-refractivity contribution is 5.91. The lowest BCUT2D eigenvalue weighted by molar-refractivity contribution is -0.147. The average Bonchev–Trinajstić information content (AvgIpc) is 3.03. The van der Waals surface area contributed by atoms with E-state index in [1.54, 1.807) is 0 Å². The molecule has 0 aliphatic heterocycles. The van der Waals surface area contributed by atoms with Crippen LogP contribution in [0.4, 0.5) is 0 Å². The Morgan fingerprint density at radius 2 is 1.93 bits per heavy atom.